The van der Waals surface area contributed by atoms with E-state index in [-0.39, 0.29) is 12.3 Å². The third kappa shape index (κ3) is 5.82. The molecule has 0 fully saturated rings. The van der Waals surface area contributed by atoms with Crippen LogP contribution >= 0.6 is 0 Å². The number of aryl methyl sites for hydroxylation is 1. The first-order valence-corrected chi connectivity index (χ1v) is 11.9. The van der Waals surface area contributed by atoms with E-state index in [1.54, 1.807) is 12.5 Å². The minimum atomic E-state index is -3.74. The lowest BCUT2D eigenvalue weighted by Gasteiger charge is -2.41. The number of amides is 1. The Hall–Kier alpha value is -2.46. The predicted molar refractivity (Wildman–Crippen MR) is 114 cm³/mol. The van der Waals surface area contributed by atoms with Crippen LogP contribution in [0.3, 0.4) is 0 Å². The first-order valence-electron chi connectivity index (χ1n) is 10.3. The van der Waals surface area contributed by atoms with Crippen LogP contribution in [0.5, 0.6) is 5.75 Å². The average molecular weight is 453 g/mol. The molecule has 1 aliphatic rings. The van der Waals surface area contributed by atoms with Gasteiger partial charge in [-0.1, -0.05) is 0 Å². The van der Waals surface area contributed by atoms with Gasteiger partial charge >= 0.3 is 0 Å². The Bertz CT molecular complexity index is 1010. The van der Waals surface area contributed by atoms with Gasteiger partial charge in [0.15, 0.2) is 0 Å². The van der Waals surface area contributed by atoms with Crippen molar-refractivity contribution in [3.05, 3.63) is 48.3 Å². The highest BCUT2D eigenvalue weighted by molar-refractivity contribution is 7.89. The van der Waals surface area contributed by atoms with E-state index < -0.39 is 33.4 Å². The lowest BCUT2D eigenvalue weighted by molar-refractivity contribution is -0.122. The summed E-state index contributed by atoms with van der Waals surface area (Å²) in [6, 6.07) is 3.38. The number of nitrogens with zero attached hydrogens (tertiary/aromatic N) is 3. The molecule has 1 aromatic heterocycles. The maximum Gasteiger partial charge on any atom is 0.235 e. The lowest BCUT2D eigenvalue weighted by Crippen LogP contribution is -2.48. The summed E-state index contributed by atoms with van der Waals surface area (Å²) >= 11 is 0. The molecule has 31 heavy (non-hydrogen) atoms. The van der Waals surface area contributed by atoms with Crippen LogP contribution in [0, 0.1) is 5.82 Å². The fraction of sp³-hybridized carbons (Fsp3) is 0.524. The van der Waals surface area contributed by atoms with E-state index in [4.69, 9.17) is 4.74 Å². The molecule has 0 spiro atoms. The van der Waals surface area contributed by atoms with Crippen molar-refractivity contribution in [2.75, 3.05) is 18.8 Å². The first-order chi connectivity index (χ1) is 14.6. The van der Waals surface area contributed by atoms with Crippen LogP contribution in [-0.2, 0) is 21.4 Å². The molecular weight excluding hydrogens is 423 g/mol. The molecule has 2 heterocycles. The van der Waals surface area contributed by atoms with Gasteiger partial charge < -0.3 is 14.6 Å². The van der Waals surface area contributed by atoms with Crippen molar-refractivity contribution in [1.29, 1.82) is 0 Å². The van der Waals surface area contributed by atoms with Gasteiger partial charge in [-0.05, 0) is 45.4 Å². The monoisotopic (exact) mass is 452 g/mol. The second-order valence-corrected chi connectivity index (χ2v) is 10.4. The van der Waals surface area contributed by atoms with Gasteiger partial charge in [-0.2, -0.15) is 4.31 Å². The van der Waals surface area contributed by atoms with E-state index in [9.17, 15) is 17.6 Å². The van der Waals surface area contributed by atoms with Gasteiger partial charge in [-0.3, -0.25) is 4.79 Å². The van der Waals surface area contributed by atoms with E-state index in [2.05, 4.69) is 10.3 Å². The van der Waals surface area contributed by atoms with Gasteiger partial charge in [0.1, 0.15) is 17.2 Å². The molecule has 1 unspecified atom stereocenters. The van der Waals surface area contributed by atoms with E-state index in [1.807, 2.05) is 24.6 Å². The molecule has 1 amide bonds. The second-order valence-electron chi connectivity index (χ2n) is 8.21. The van der Waals surface area contributed by atoms with E-state index in [0.29, 0.717) is 37.2 Å². The Morgan fingerprint density at radius 3 is 2.87 bits per heavy atom. The number of halogens is 1. The Balaban J connectivity index is 1.76. The van der Waals surface area contributed by atoms with Crippen LogP contribution in [-0.4, -0.2) is 52.6 Å². The van der Waals surface area contributed by atoms with Gasteiger partial charge in [0.25, 0.3) is 0 Å². The summed E-state index contributed by atoms with van der Waals surface area (Å²) in [7, 11) is -3.74. The zero-order valence-electron chi connectivity index (χ0n) is 18.0. The third-order valence-corrected chi connectivity index (χ3v) is 7.07. The van der Waals surface area contributed by atoms with Gasteiger partial charge in [0.2, 0.25) is 15.9 Å². The van der Waals surface area contributed by atoms with Crippen molar-refractivity contribution in [2.24, 2.45) is 0 Å². The summed E-state index contributed by atoms with van der Waals surface area (Å²) < 4.78 is 48.8. The highest BCUT2D eigenvalue weighted by Crippen LogP contribution is 2.43. The molecule has 10 heteroatoms. The van der Waals surface area contributed by atoms with Crippen molar-refractivity contribution in [2.45, 2.75) is 51.8 Å². The number of ether oxygens (including phenoxy) is 1. The molecule has 0 bridgehead atoms. The molecule has 0 saturated carbocycles. The summed E-state index contributed by atoms with van der Waals surface area (Å²) in [4.78, 5) is 16.6. The molecule has 8 nitrogen and oxygen atoms in total. The van der Waals surface area contributed by atoms with Crippen molar-refractivity contribution < 1.29 is 22.3 Å². The van der Waals surface area contributed by atoms with Gasteiger partial charge in [-0.15, -0.1) is 0 Å². The normalized spacial score (nSPS) is 17.8. The van der Waals surface area contributed by atoms with Gasteiger partial charge in [0, 0.05) is 37.5 Å². The predicted octanol–water partition coefficient (Wildman–Crippen LogP) is 2.48. The van der Waals surface area contributed by atoms with Crippen molar-refractivity contribution in [1.82, 2.24) is 19.2 Å². The summed E-state index contributed by atoms with van der Waals surface area (Å²) in [5.74, 6) is -0.613. The fourth-order valence-electron chi connectivity index (χ4n) is 3.72. The summed E-state index contributed by atoms with van der Waals surface area (Å²) in [5.41, 5.74) is -0.234. The number of sulfonamides is 1. The number of imidazole rings is 1. The molecule has 2 aromatic rings. The first kappa shape index (κ1) is 23.2. The SMILES string of the molecule is CCS(=O)(=O)N(CC(=O)NCCCn1ccnc1)C1CC(C)(C)Oc2ccc(F)cc21. The topological polar surface area (TPSA) is 93.5 Å². The molecule has 1 aliphatic heterocycles. The number of carbonyl (C=O) groups excluding carboxylic acids is 1. The molecule has 1 aromatic carbocycles. The van der Waals surface area contributed by atoms with Crippen LogP contribution in [0.1, 0.15) is 45.2 Å². The zero-order valence-corrected chi connectivity index (χ0v) is 18.9. The Labute approximate surface area is 182 Å². The quantitative estimate of drug-likeness (QED) is 0.590. The highest BCUT2D eigenvalue weighted by Gasteiger charge is 2.41. The summed E-state index contributed by atoms with van der Waals surface area (Å²) in [5, 5.41) is 2.78. The van der Waals surface area contributed by atoms with Crippen LogP contribution in [0.2, 0.25) is 0 Å². The molecule has 1 N–H and O–H groups in total. The van der Waals surface area contributed by atoms with Crippen molar-refractivity contribution in [3.8, 4) is 5.75 Å². The minimum absolute atomic E-state index is 0.163. The van der Waals surface area contributed by atoms with E-state index in [0.717, 1.165) is 0 Å². The van der Waals surface area contributed by atoms with E-state index in [1.165, 1.54) is 29.4 Å². The average Bonchev–Trinajstić information content (AvgIpc) is 3.22. The molecule has 170 valence electrons. The zero-order chi connectivity index (χ0) is 22.6. The summed E-state index contributed by atoms with van der Waals surface area (Å²) in [6.45, 7) is 5.98. The minimum Gasteiger partial charge on any atom is -0.487 e. The second kappa shape index (κ2) is 9.35. The number of hydrogen-bond donors (Lipinski definition) is 1. The van der Waals surface area contributed by atoms with Crippen LogP contribution < -0.4 is 10.1 Å². The number of hydrogen-bond acceptors (Lipinski definition) is 5. The van der Waals surface area contributed by atoms with Gasteiger partial charge in [0.05, 0.1) is 24.7 Å². The number of carbonyl (C=O) groups is 1. The maximum absolute atomic E-state index is 14.0. The van der Waals surface area contributed by atoms with Crippen molar-refractivity contribution in [3.63, 3.8) is 0 Å². The Morgan fingerprint density at radius 2 is 2.19 bits per heavy atom. The number of rotatable bonds is 9. The maximum atomic E-state index is 14.0. The molecule has 0 saturated heterocycles. The largest absolute Gasteiger partial charge is 0.487 e. The molecule has 1 atom stereocenters. The molecule has 3 rings (SSSR count). The molecule has 0 aliphatic carbocycles. The standard InChI is InChI=1S/C21H29FN4O4S/c1-4-31(28,29)26(14-20(27)24-8-5-10-25-11-9-23-15-25)18-13-21(2,3)30-19-7-6-16(22)12-17(18)19/h6-7,9,11-12,15,18H,4-5,8,10,13-14H2,1-3H3,(H,24,27). The van der Waals surface area contributed by atoms with Crippen LogP contribution in [0.4, 0.5) is 4.39 Å². The molecular formula is C21H29FN4O4S. The number of aromatic nitrogens is 2. The van der Waals surface area contributed by atoms with Gasteiger partial charge in [-0.25, -0.2) is 17.8 Å². The third-order valence-electron chi connectivity index (χ3n) is 5.25. The van der Waals surface area contributed by atoms with Crippen LogP contribution in [0.15, 0.2) is 36.9 Å². The number of nitrogens with one attached hydrogen (secondary N) is 1. The fourth-order valence-corrected chi connectivity index (χ4v) is 4.94. The highest BCUT2D eigenvalue weighted by atomic mass is 32.2. The van der Waals surface area contributed by atoms with E-state index >= 15 is 0 Å². The number of fused-ring (bicyclic) bond motifs is 1. The summed E-state index contributed by atoms with van der Waals surface area (Å²) in [6.07, 6.45) is 6.20. The van der Waals surface area contributed by atoms with Crippen molar-refractivity contribution >= 4 is 15.9 Å². The van der Waals surface area contributed by atoms with Crippen LogP contribution in [0.25, 0.3) is 0 Å². The number of benzene rings is 1. The molecule has 0 radical (unpaired) electrons. The Morgan fingerprint density at radius 1 is 1.42 bits per heavy atom. The lowest BCUT2D eigenvalue weighted by atomic mass is 9.89. The Kier molecular flexibility index (Phi) is 7.00. The smallest absolute Gasteiger partial charge is 0.235 e.